The van der Waals surface area contributed by atoms with Crippen molar-refractivity contribution in [3.63, 3.8) is 0 Å². The lowest BCUT2D eigenvalue weighted by Gasteiger charge is -2.11. The highest BCUT2D eigenvalue weighted by Crippen LogP contribution is 2.09. The number of rotatable bonds is 4. The summed E-state index contributed by atoms with van der Waals surface area (Å²) in [5.74, 6) is 0.498. The number of hydrogen-bond acceptors (Lipinski definition) is 2. The second-order valence-corrected chi connectivity index (χ2v) is 5.79. The van der Waals surface area contributed by atoms with Crippen LogP contribution in [0.3, 0.4) is 0 Å². The van der Waals surface area contributed by atoms with E-state index in [9.17, 15) is 8.42 Å². The molecule has 0 aromatic rings. The predicted octanol–water partition coefficient (Wildman–Crippen LogP) is 1.67. The Morgan fingerprint density at radius 3 is 2.00 bits per heavy atom. The van der Waals surface area contributed by atoms with Crippen molar-refractivity contribution in [2.45, 2.75) is 32.4 Å². The molecule has 0 bridgehead atoms. The summed E-state index contributed by atoms with van der Waals surface area (Å²) in [6.07, 6.45) is 0.467. The normalized spacial score (nSPS) is 15.4. The molecule has 3 heteroatoms. The van der Waals surface area contributed by atoms with Crippen LogP contribution in [-0.4, -0.2) is 19.4 Å². The first-order valence-electron chi connectivity index (χ1n) is 3.91. The highest BCUT2D eigenvalue weighted by molar-refractivity contribution is 7.92. The molecule has 67 valence electrons. The molecule has 0 spiro atoms. The van der Waals surface area contributed by atoms with Gasteiger partial charge in [-0.3, -0.25) is 0 Å². The van der Waals surface area contributed by atoms with Gasteiger partial charge in [0.25, 0.3) is 0 Å². The minimum Gasteiger partial charge on any atom is -0.229 e. The van der Waals surface area contributed by atoms with Gasteiger partial charge in [0.15, 0.2) is 9.84 Å². The quantitative estimate of drug-likeness (QED) is 0.654. The van der Waals surface area contributed by atoms with E-state index in [0.717, 1.165) is 0 Å². The molecule has 0 amide bonds. The van der Waals surface area contributed by atoms with Gasteiger partial charge in [-0.2, -0.15) is 0 Å². The first kappa shape index (κ1) is 11.0. The van der Waals surface area contributed by atoms with E-state index in [0.29, 0.717) is 6.42 Å². The average molecular weight is 177 g/mol. The van der Waals surface area contributed by atoms with Crippen molar-refractivity contribution in [3.8, 4) is 0 Å². The summed E-state index contributed by atoms with van der Waals surface area (Å²) in [6, 6.07) is 0. The Kier molecular flexibility index (Phi) is 4.08. The lowest BCUT2D eigenvalue weighted by Crippen LogP contribution is -2.22. The third-order valence-corrected chi connectivity index (χ3v) is 4.18. The van der Waals surface area contributed by atoms with Crippen molar-refractivity contribution in [2.75, 3.05) is 5.75 Å². The van der Waals surface area contributed by atoms with Gasteiger partial charge >= 0.3 is 0 Å². The molecule has 1 radical (unpaired) electrons. The van der Waals surface area contributed by atoms with E-state index in [1.165, 1.54) is 0 Å². The molecule has 0 saturated carbocycles. The summed E-state index contributed by atoms with van der Waals surface area (Å²) in [6.45, 7) is 9.11. The molecule has 0 N–H and O–H groups in total. The summed E-state index contributed by atoms with van der Waals surface area (Å²) in [5, 5.41) is -0.287. The molecule has 1 atom stereocenters. The first-order valence-corrected chi connectivity index (χ1v) is 5.62. The Labute approximate surface area is 69.9 Å². The molecule has 0 aromatic carbocycles. The van der Waals surface area contributed by atoms with Crippen LogP contribution in [0.2, 0.25) is 0 Å². The second-order valence-electron chi connectivity index (χ2n) is 3.32. The van der Waals surface area contributed by atoms with Crippen LogP contribution in [0.4, 0.5) is 0 Å². The van der Waals surface area contributed by atoms with E-state index in [1.807, 2.05) is 13.8 Å². The molecule has 0 saturated heterocycles. The average Bonchev–Trinajstić information content (AvgIpc) is 1.83. The fourth-order valence-corrected chi connectivity index (χ4v) is 2.43. The highest BCUT2D eigenvalue weighted by Gasteiger charge is 2.19. The summed E-state index contributed by atoms with van der Waals surface area (Å²) in [4.78, 5) is 0. The van der Waals surface area contributed by atoms with Gasteiger partial charge in [-0.05, 0) is 19.3 Å². The van der Waals surface area contributed by atoms with Crippen molar-refractivity contribution in [1.82, 2.24) is 0 Å². The summed E-state index contributed by atoms with van der Waals surface area (Å²) in [5.41, 5.74) is 0. The van der Waals surface area contributed by atoms with Gasteiger partial charge in [-0.15, -0.1) is 0 Å². The van der Waals surface area contributed by atoms with Gasteiger partial charge in [0.1, 0.15) is 0 Å². The maximum absolute atomic E-state index is 11.3. The molecule has 0 fully saturated rings. The molecule has 0 aromatic heterocycles. The van der Waals surface area contributed by atoms with Gasteiger partial charge in [0.2, 0.25) is 0 Å². The van der Waals surface area contributed by atoms with E-state index in [1.54, 1.807) is 6.92 Å². The highest BCUT2D eigenvalue weighted by atomic mass is 32.2. The fourth-order valence-electron chi connectivity index (χ4n) is 0.808. The first-order chi connectivity index (χ1) is 4.90. The van der Waals surface area contributed by atoms with Crippen molar-refractivity contribution >= 4 is 9.84 Å². The Bertz CT molecular complexity index is 192. The zero-order valence-electron chi connectivity index (χ0n) is 7.50. The fraction of sp³-hybridized carbons (Fsp3) is 0.875. The van der Waals surface area contributed by atoms with Crippen LogP contribution in [-0.2, 0) is 9.84 Å². The molecular weight excluding hydrogens is 160 g/mol. The van der Waals surface area contributed by atoms with Gasteiger partial charge in [0.05, 0.1) is 11.0 Å². The molecule has 11 heavy (non-hydrogen) atoms. The minimum atomic E-state index is -2.87. The molecule has 2 nitrogen and oxygen atoms in total. The zero-order valence-corrected chi connectivity index (χ0v) is 8.32. The Balaban J connectivity index is 4.23. The zero-order chi connectivity index (χ0) is 9.07. The number of sulfone groups is 1. The van der Waals surface area contributed by atoms with Crippen molar-refractivity contribution in [2.24, 2.45) is 5.92 Å². The Morgan fingerprint density at radius 1 is 1.27 bits per heavy atom. The van der Waals surface area contributed by atoms with Crippen molar-refractivity contribution in [3.05, 3.63) is 6.92 Å². The van der Waals surface area contributed by atoms with Crippen LogP contribution in [0.15, 0.2) is 0 Å². The summed E-state index contributed by atoms with van der Waals surface area (Å²) >= 11 is 0. The third kappa shape index (κ3) is 3.75. The van der Waals surface area contributed by atoms with Gasteiger partial charge in [-0.25, -0.2) is 8.42 Å². The Hall–Kier alpha value is -0.0500. The smallest absolute Gasteiger partial charge is 0.153 e. The van der Waals surface area contributed by atoms with Crippen LogP contribution in [0.5, 0.6) is 0 Å². The summed E-state index contributed by atoms with van der Waals surface area (Å²) in [7, 11) is -2.87. The lowest BCUT2D eigenvalue weighted by molar-refractivity contribution is 0.570. The Morgan fingerprint density at radius 2 is 1.73 bits per heavy atom. The van der Waals surface area contributed by atoms with Crippen LogP contribution in [0, 0.1) is 12.8 Å². The maximum atomic E-state index is 11.3. The molecule has 0 rings (SSSR count). The molecule has 0 heterocycles. The molecule has 0 aliphatic heterocycles. The third-order valence-electron chi connectivity index (χ3n) is 1.59. The largest absolute Gasteiger partial charge is 0.229 e. The maximum Gasteiger partial charge on any atom is 0.153 e. The van der Waals surface area contributed by atoms with Crippen LogP contribution < -0.4 is 0 Å². The van der Waals surface area contributed by atoms with E-state index >= 15 is 0 Å². The van der Waals surface area contributed by atoms with Gasteiger partial charge < -0.3 is 0 Å². The molecule has 0 aliphatic rings. The predicted molar refractivity (Wildman–Crippen MR) is 48.1 cm³/mol. The van der Waals surface area contributed by atoms with E-state index in [4.69, 9.17) is 0 Å². The standard InChI is InChI=1S/C8H17O2S/c1-5-8(4)11(9,10)6-7(2)3/h7-8H,1,5-6H2,2-4H3. The van der Waals surface area contributed by atoms with Crippen LogP contribution >= 0.6 is 0 Å². The number of hydrogen-bond donors (Lipinski definition) is 0. The van der Waals surface area contributed by atoms with E-state index < -0.39 is 9.84 Å². The van der Waals surface area contributed by atoms with Gasteiger partial charge in [-0.1, -0.05) is 20.8 Å². The van der Waals surface area contributed by atoms with E-state index in [2.05, 4.69) is 6.92 Å². The van der Waals surface area contributed by atoms with Crippen LogP contribution in [0.25, 0.3) is 0 Å². The monoisotopic (exact) mass is 177 g/mol. The van der Waals surface area contributed by atoms with Crippen molar-refractivity contribution < 1.29 is 8.42 Å². The van der Waals surface area contributed by atoms with Gasteiger partial charge in [0, 0.05) is 0 Å². The topological polar surface area (TPSA) is 34.1 Å². The molecule has 1 unspecified atom stereocenters. The summed E-state index contributed by atoms with van der Waals surface area (Å²) < 4.78 is 22.7. The molecule has 0 aliphatic carbocycles. The second kappa shape index (κ2) is 4.10. The SMILES string of the molecule is [CH2]CC(C)S(=O)(=O)CC(C)C. The van der Waals surface area contributed by atoms with Crippen LogP contribution in [0.1, 0.15) is 27.2 Å². The molecular formula is C8H17O2S. The minimum absolute atomic E-state index is 0.217. The van der Waals surface area contributed by atoms with E-state index in [-0.39, 0.29) is 16.9 Å². The van der Waals surface area contributed by atoms with Crippen molar-refractivity contribution in [1.29, 1.82) is 0 Å². The lowest BCUT2D eigenvalue weighted by atomic mass is 10.3.